The summed E-state index contributed by atoms with van der Waals surface area (Å²) in [5.74, 6) is 0.369. The van der Waals surface area contributed by atoms with Crippen LogP contribution in [0.5, 0.6) is 0 Å². The minimum absolute atomic E-state index is 0.0141. The summed E-state index contributed by atoms with van der Waals surface area (Å²) in [5.41, 5.74) is 3.73. The predicted octanol–water partition coefficient (Wildman–Crippen LogP) is 3.21. The molecule has 1 saturated heterocycles. The average Bonchev–Trinajstić information content (AvgIpc) is 3.64. The zero-order chi connectivity index (χ0) is 21.8. The van der Waals surface area contributed by atoms with Crippen molar-refractivity contribution in [3.8, 4) is 0 Å². The Morgan fingerprint density at radius 1 is 1.03 bits per heavy atom. The topological polar surface area (TPSA) is 96.1 Å². The molecule has 3 fully saturated rings. The van der Waals surface area contributed by atoms with Gasteiger partial charge in [0.25, 0.3) is 5.56 Å². The molecular formula is C24H26N2O4S. The highest BCUT2D eigenvalue weighted by Crippen LogP contribution is 2.39. The number of hydrogen-bond acceptors (Lipinski definition) is 4. The van der Waals surface area contributed by atoms with Gasteiger partial charge in [0, 0.05) is 29.3 Å². The fraction of sp³-hybridized carbons (Fsp3) is 0.417. The van der Waals surface area contributed by atoms with Gasteiger partial charge in [0.05, 0.1) is 10.1 Å². The van der Waals surface area contributed by atoms with E-state index in [1.807, 2.05) is 31.2 Å². The van der Waals surface area contributed by atoms with Crippen LogP contribution in [0.4, 0.5) is 0 Å². The Morgan fingerprint density at radius 2 is 1.81 bits per heavy atom. The molecule has 5 rings (SSSR count). The van der Waals surface area contributed by atoms with Crippen LogP contribution in [-0.4, -0.2) is 30.6 Å². The van der Waals surface area contributed by atoms with E-state index in [1.54, 1.807) is 12.1 Å². The number of pyridine rings is 1. The number of aryl methyl sites for hydroxylation is 1. The summed E-state index contributed by atoms with van der Waals surface area (Å²) >= 11 is 0. The van der Waals surface area contributed by atoms with Gasteiger partial charge < -0.3 is 10.3 Å². The van der Waals surface area contributed by atoms with E-state index in [0.717, 1.165) is 42.4 Å². The van der Waals surface area contributed by atoms with Crippen molar-refractivity contribution in [1.82, 2.24) is 10.3 Å². The van der Waals surface area contributed by atoms with Gasteiger partial charge in [-0.15, -0.1) is 0 Å². The van der Waals surface area contributed by atoms with Gasteiger partial charge in [-0.25, -0.2) is 8.42 Å². The number of rotatable bonds is 6. The molecule has 31 heavy (non-hydrogen) atoms. The van der Waals surface area contributed by atoms with Gasteiger partial charge in [-0.1, -0.05) is 24.3 Å². The normalized spacial score (nSPS) is 21.9. The standard InChI is InChI=1S/C24H26N2O4S/c1-14-12-16(4-10-22(14)31(29,30)18-6-7-18)20(13-17-5-11-23(27)25-17)21-9-8-19(15-2-3-15)24(28)26-21/h4,8-10,12-13,15,17-18H,2-3,5-7,11H2,1H3,(H,25,27)(H,26,28)/b20-13+/t17-/m1/s1. The lowest BCUT2D eigenvalue weighted by atomic mass is 9.97. The highest BCUT2D eigenvalue weighted by atomic mass is 32.2. The van der Waals surface area contributed by atoms with E-state index in [9.17, 15) is 18.0 Å². The van der Waals surface area contributed by atoms with Gasteiger partial charge in [0.2, 0.25) is 5.91 Å². The van der Waals surface area contributed by atoms with Gasteiger partial charge in [0.1, 0.15) is 0 Å². The highest BCUT2D eigenvalue weighted by Gasteiger charge is 2.37. The van der Waals surface area contributed by atoms with E-state index in [4.69, 9.17) is 0 Å². The van der Waals surface area contributed by atoms with Crippen LogP contribution in [0.25, 0.3) is 5.57 Å². The van der Waals surface area contributed by atoms with Crippen LogP contribution in [0.3, 0.4) is 0 Å². The smallest absolute Gasteiger partial charge is 0.251 e. The molecular weight excluding hydrogens is 412 g/mol. The summed E-state index contributed by atoms with van der Waals surface area (Å²) in [6, 6.07) is 9.04. The average molecular weight is 439 g/mol. The lowest BCUT2D eigenvalue weighted by Crippen LogP contribution is -2.23. The van der Waals surface area contributed by atoms with Gasteiger partial charge in [-0.3, -0.25) is 9.59 Å². The SMILES string of the molecule is Cc1cc(/C(=C\[C@H]2CCC(=O)N2)c2ccc(C3CC3)c(=O)[nH]2)ccc1S(=O)(=O)C1CC1. The summed E-state index contributed by atoms with van der Waals surface area (Å²) < 4.78 is 25.4. The number of carbonyl (C=O) groups excluding carboxylic acids is 1. The quantitative estimate of drug-likeness (QED) is 0.724. The zero-order valence-electron chi connectivity index (χ0n) is 17.5. The first kappa shape index (κ1) is 20.2. The molecule has 1 amide bonds. The van der Waals surface area contributed by atoms with Crippen LogP contribution < -0.4 is 10.9 Å². The molecule has 3 aliphatic rings. The van der Waals surface area contributed by atoms with Crippen molar-refractivity contribution in [2.75, 3.05) is 0 Å². The van der Waals surface area contributed by atoms with Crippen LogP contribution in [0.15, 0.2) is 46.1 Å². The van der Waals surface area contributed by atoms with E-state index in [0.29, 0.717) is 34.9 Å². The molecule has 0 radical (unpaired) electrons. The minimum atomic E-state index is -3.28. The molecule has 7 heteroatoms. The van der Waals surface area contributed by atoms with Crippen LogP contribution in [0.2, 0.25) is 0 Å². The Morgan fingerprint density at radius 3 is 2.39 bits per heavy atom. The first-order valence-corrected chi connectivity index (χ1v) is 12.5. The summed E-state index contributed by atoms with van der Waals surface area (Å²) in [5, 5.41) is 2.69. The second kappa shape index (κ2) is 7.48. The van der Waals surface area contributed by atoms with Crippen molar-refractivity contribution in [3.63, 3.8) is 0 Å². The second-order valence-electron chi connectivity index (χ2n) is 8.95. The molecule has 162 valence electrons. The van der Waals surface area contributed by atoms with E-state index < -0.39 is 9.84 Å². The number of nitrogens with one attached hydrogen (secondary N) is 2. The number of carbonyl (C=O) groups is 1. The molecule has 1 aliphatic heterocycles. The van der Waals surface area contributed by atoms with E-state index >= 15 is 0 Å². The molecule has 2 N–H and O–H groups in total. The summed E-state index contributed by atoms with van der Waals surface area (Å²) in [6.07, 6.45) is 6.69. The molecule has 0 bridgehead atoms. The number of amides is 1. The van der Waals surface area contributed by atoms with E-state index in [2.05, 4.69) is 10.3 Å². The molecule has 6 nitrogen and oxygen atoms in total. The van der Waals surface area contributed by atoms with Gasteiger partial charge in [0.15, 0.2) is 9.84 Å². The van der Waals surface area contributed by atoms with Gasteiger partial charge in [-0.2, -0.15) is 0 Å². The van der Waals surface area contributed by atoms with Gasteiger partial charge in [-0.05, 0) is 68.2 Å². The third kappa shape index (κ3) is 3.99. The molecule has 0 spiro atoms. The van der Waals surface area contributed by atoms with Crippen molar-refractivity contribution in [1.29, 1.82) is 0 Å². The zero-order valence-corrected chi connectivity index (χ0v) is 18.3. The fourth-order valence-electron chi connectivity index (χ4n) is 4.36. The lowest BCUT2D eigenvalue weighted by molar-refractivity contribution is -0.119. The third-order valence-electron chi connectivity index (χ3n) is 6.40. The van der Waals surface area contributed by atoms with Crippen LogP contribution in [0.1, 0.15) is 66.8 Å². The number of aromatic nitrogens is 1. The third-order valence-corrected chi connectivity index (χ3v) is 8.82. The Kier molecular flexibility index (Phi) is 4.88. The number of H-pyrrole nitrogens is 1. The van der Waals surface area contributed by atoms with Crippen LogP contribution in [0, 0.1) is 6.92 Å². The van der Waals surface area contributed by atoms with Crippen molar-refractivity contribution in [2.45, 2.75) is 67.6 Å². The maximum atomic E-state index is 12.7. The van der Waals surface area contributed by atoms with Crippen LogP contribution >= 0.6 is 0 Å². The molecule has 2 aliphatic carbocycles. The Balaban J connectivity index is 1.57. The predicted molar refractivity (Wildman–Crippen MR) is 119 cm³/mol. The monoisotopic (exact) mass is 438 g/mol. The number of aromatic amines is 1. The maximum Gasteiger partial charge on any atom is 0.251 e. The number of benzene rings is 1. The molecule has 0 unspecified atom stereocenters. The maximum absolute atomic E-state index is 12.7. The minimum Gasteiger partial charge on any atom is -0.350 e. The first-order chi connectivity index (χ1) is 14.8. The Bertz CT molecular complexity index is 1250. The highest BCUT2D eigenvalue weighted by molar-refractivity contribution is 7.92. The molecule has 1 aromatic carbocycles. The second-order valence-corrected chi connectivity index (χ2v) is 11.1. The van der Waals surface area contributed by atoms with Crippen molar-refractivity contribution in [2.24, 2.45) is 0 Å². The molecule has 2 saturated carbocycles. The largest absolute Gasteiger partial charge is 0.350 e. The van der Waals surface area contributed by atoms with Crippen molar-refractivity contribution in [3.05, 3.63) is 69.1 Å². The van der Waals surface area contributed by atoms with E-state index in [-0.39, 0.29) is 22.8 Å². The lowest BCUT2D eigenvalue weighted by Gasteiger charge is -2.15. The van der Waals surface area contributed by atoms with Crippen molar-refractivity contribution < 1.29 is 13.2 Å². The number of hydrogen-bond donors (Lipinski definition) is 2. The van der Waals surface area contributed by atoms with Crippen LogP contribution in [-0.2, 0) is 14.6 Å². The molecule has 2 heterocycles. The molecule has 2 aromatic rings. The first-order valence-electron chi connectivity index (χ1n) is 10.9. The Hall–Kier alpha value is -2.67. The molecule has 1 atom stereocenters. The van der Waals surface area contributed by atoms with Crippen molar-refractivity contribution >= 4 is 21.3 Å². The summed E-state index contributed by atoms with van der Waals surface area (Å²) in [7, 11) is -3.28. The van der Waals surface area contributed by atoms with E-state index in [1.165, 1.54) is 0 Å². The molecule has 1 aromatic heterocycles. The summed E-state index contributed by atoms with van der Waals surface area (Å²) in [6.45, 7) is 1.81. The number of sulfone groups is 1. The van der Waals surface area contributed by atoms with Gasteiger partial charge >= 0.3 is 0 Å². The fourth-order valence-corrected chi connectivity index (χ4v) is 6.24. The summed E-state index contributed by atoms with van der Waals surface area (Å²) in [4.78, 5) is 27.7. The Labute approximate surface area is 181 Å².